The largest absolute Gasteiger partial charge is 0.463 e. The van der Waals surface area contributed by atoms with Gasteiger partial charge in [0.05, 0.1) is 18.6 Å². The summed E-state index contributed by atoms with van der Waals surface area (Å²) < 4.78 is 37.1. The molecule has 1 aliphatic heterocycles. The van der Waals surface area contributed by atoms with E-state index in [0.29, 0.717) is 25.3 Å². The van der Waals surface area contributed by atoms with Crippen molar-refractivity contribution in [1.29, 1.82) is 0 Å². The molecule has 0 N–H and O–H groups in total. The van der Waals surface area contributed by atoms with Crippen molar-refractivity contribution in [3.63, 3.8) is 0 Å². The maximum atomic E-state index is 13.5. The molecule has 0 aliphatic carbocycles. The fourth-order valence-electron chi connectivity index (χ4n) is 2.64. The van der Waals surface area contributed by atoms with Gasteiger partial charge in [0.15, 0.2) is 5.78 Å². The van der Waals surface area contributed by atoms with Crippen molar-refractivity contribution < 1.29 is 27.8 Å². The maximum Gasteiger partial charge on any atom is 0.306 e. The Labute approximate surface area is 145 Å². The first-order chi connectivity index (χ1) is 11.9. The van der Waals surface area contributed by atoms with Crippen LogP contribution in [0.1, 0.15) is 37.0 Å². The van der Waals surface area contributed by atoms with E-state index in [9.17, 15) is 18.4 Å². The van der Waals surface area contributed by atoms with E-state index in [2.05, 4.69) is 18.7 Å². The van der Waals surface area contributed by atoms with Gasteiger partial charge in [-0.05, 0) is 26.0 Å². The second-order valence-corrected chi connectivity index (χ2v) is 6.31. The van der Waals surface area contributed by atoms with Gasteiger partial charge in [-0.15, -0.1) is 0 Å². The Morgan fingerprint density at radius 1 is 1.32 bits per heavy atom. The lowest BCUT2D eigenvalue weighted by atomic mass is 10.1. The van der Waals surface area contributed by atoms with E-state index in [1.54, 1.807) is 0 Å². The Balaban J connectivity index is 1.74. The lowest BCUT2D eigenvalue weighted by molar-refractivity contribution is -0.150. The van der Waals surface area contributed by atoms with Crippen LogP contribution in [0.4, 0.5) is 8.78 Å². The molecule has 1 aliphatic rings. The fraction of sp³-hybridized carbons (Fsp3) is 0.556. The molecule has 7 heteroatoms. The Morgan fingerprint density at radius 3 is 2.76 bits per heavy atom. The lowest BCUT2D eigenvalue weighted by Crippen LogP contribution is -2.47. The standard InChI is InChI=1S/C18H23F2NO4/c1-12(2)21-7-8-24-14(10-21)11-25-18(23)6-5-17(22)15-4-3-13(19)9-16(15)20/h3-4,9,12,14H,5-8,10-11H2,1-2H3/t14-/m0/s1. The Bertz CT molecular complexity index is 621. The molecule has 0 aromatic heterocycles. The number of halogens is 2. The summed E-state index contributed by atoms with van der Waals surface area (Å²) in [6.45, 7) is 6.43. The van der Waals surface area contributed by atoms with Crippen LogP contribution in [0.25, 0.3) is 0 Å². The maximum absolute atomic E-state index is 13.5. The van der Waals surface area contributed by atoms with Crippen molar-refractivity contribution in [2.75, 3.05) is 26.3 Å². The number of hydrogen-bond acceptors (Lipinski definition) is 5. The highest BCUT2D eigenvalue weighted by Crippen LogP contribution is 2.13. The summed E-state index contributed by atoms with van der Waals surface area (Å²) in [6, 6.07) is 3.13. The van der Waals surface area contributed by atoms with Gasteiger partial charge in [0, 0.05) is 31.6 Å². The summed E-state index contributed by atoms with van der Waals surface area (Å²) in [6.07, 6.45) is -0.535. The topological polar surface area (TPSA) is 55.8 Å². The number of ether oxygens (including phenoxy) is 2. The zero-order valence-electron chi connectivity index (χ0n) is 14.5. The molecule has 1 aromatic carbocycles. The zero-order valence-corrected chi connectivity index (χ0v) is 14.5. The molecule has 1 fully saturated rings. The van der Waals surface area contributed by atoms with E-state index in [-0.39, 0.29) is 31.1 Å². The minimum atomic E-state index is -0.928. The number of nitrogens with zero attached hydrogens (tertiary/aromatic N) is 1. The van der Waals surface area contributed by atoms with Crippen LogP contribution in [0.15, 0.2) is 18.2 Å². The first kappa shape index (κ1) is 19.5. The number of benzene rings is 1. The van der Waals surface area contributed by atoms with Crippen molar-refractivity contribution in [2.45, 2.75) is 38.8 Å². The minimum absolute atomic E-state index is 0.126. The van der Waals surface area contributed by atoms with E-state index >= 15 is 0 Å². The molecule has 1 atom stereocenters. The molecule has 0 spiro atoms. The number of carbonyl (C=O) groups excluding carboxylic acids is 2. The van der Waals surface area contributed by atoms with Crippen LogP contribution in [0, 0.1) is 11.6 Å². The number of Topliss-reactive ketones (excluding diaryl/α,β-unsaturated/α-hetero) is 1. The molecule has 1 heterocycles. The molecule has 25 heavy (non-hydrogen) atoms. The number of carbonyl (C=O) groups is 2. The van der Waals surface area contributed by atoms with Crippen molar-refractivity contribution in [2.24, 2.45) is 0 Å². The van der Waals surface area contributed by atoms with Crippen LogP contribution in [0.2, 0.25) is 0 Å². The Hall–Kier alpha value is -1.86. The second-order valence-electron chi connectivity index (χ2n) is 6.31. The SMILES string of the molecule is CC(C)N1CCO[C@H](COC(=O)CCC(=O)c2ccc(F)cc2F)C1. The molecular weight excluding hydrogens is 332 g/mol. The molecule has 1 aromatic rings. The molecular formula is C18H23F2NO4. The Kier molecular flexibility index (Phi) is 7.01. The van der Waals surface area contributed by atoms with Gasteiger partial charge in [-0.3, -0.25) is 14.5 Å². The van der Waals surface area contributed by atoms with E-state index in [1.807, 2.05) is 0 Å². The lowest BCUT2D eigenvalue weighted by Gasteiger charge is -2.35. The first-order valence-electron chi connectivity index (χ1n) is 8.36. The predicted octanol–water partition coefficient (Wildman–Crippen LogP) is 2.58. The molecule has 1 saturated heterocycles. The second kappa shape index (κ2) is 9.01. The number of hydrogen-bond donors (Lipinski definition) is 0. The zero-order chi connectivity index (χ0) is 18.4. The summed E-state index contributed by atoms with van der Waals surface area (Å²) >= 11 is 0. The van der Waals surface area contributed by atoms with Crippen LogP contribution < -0.4 is 0 Å². The quantitative estimate of drug-likeness (QED) is 0.556. The minimum Gasteiger partial charge on any atom is -0.463 e. The average Bonchev–Trinajstić information content (AvgIpc) is 2.58. The van der Waals surface area contributed by atoms with Gasteiger partial charge in [0.1, 0.15) is 24.3 Å². The van der Waals surface area contributed by atoms with Crippen molar-refractivity contribution in [1.82, 2.24) is 4.90 Å². The van der Waals surface area contributed by atoms with Gasteiger partial charge < -0.3 is 9.47 Å². The summed E-state index contributed by atoms with van der Waals surface area (Å²) in [5.41, 5.74) is -0.225. The van der Waals surface area contributed by atoms with Crippen molar-refractivity contribution in [3.05, 3.63) is 35.4 Å². The number of esters is 1. The predicted molar refractivity (Wildman–Crippen MR) is 87.3 cm³/mol. The number of rotatable bonds is 7. The molecule has 138 valence electrons. The summed E-state index contributed by atoms with van der Waals surface area (Å²) in [7, 11) is 0. The number of ketones is 1. The van der Waals surface area contributed by atoms with E-state index < -0.39 is 23.4 Å². The number of morpholine rings is 1. The van der Waals surface area contributed by atoms with Crippen molar-refractivity contribution >= 4 is 11.8 Å². The van der Waals surface area contributed by atoms with Gasteiger partial charge in [-0.1, -0.05) is 0 Å². The smallest absolute Gasteiger partial charge is 0.306 e. The van der Waals surface area contributed by atoms with Gasteiger partial charge in [0.2, 0.25) is 0 Å². The monoisotopic (exact) mass is 355 g/mol. The van der Waals surface area contributed by atoms with Gasteiger partial charge in [-0.2, -0.15) is 0 Å². The molecule has 0 saturated carbocycles. The fourth-order valence-corrected chi connectivity index (χ4v) is 2.64. The first-order valence-corrected chi connectivity index (χ1v) is 8.36. The normalized spacial score (nSPS) is 18.4. The van der Waals surface area contributed by atoms with Crippen LogP contribution >= 0.6 is 0 Å². The molecule has 2 rings (SSSR count). The highest BCUT2D eigenvalue weighted by Gasteiger charge is 2.23. The molecule has 0 bridgehead atoms. The van der Waals surface area contributed by atoms with Crippen LogP contribution in [0.3, 0.4) is 0 Å². The third-order valence-corrected chi connectivity index (χ3v) is 4.12. The van der Waals surface area contributed by atoms with Gasteiger partial charge >= 0.3 is 5.97 Å². The third kappa shape index (κ3) is 5.86. The molecule has 0 amide bonds. The van der Waals surface area contributed by atoms with Crippen molar-refractivity contribution in [3.8, 4) is 0 Å². The van der Waals surface area contributed by atoms with E-state index in [4.69, 9.17) is 9.47 Å². The van der Waals surface area contributed by atoms with Crippen LogP contribution in [-0.2, 0) is 14.3 Å². The highest BCUT2D eigenvalue weighted by molar-refractivity contribution is 5.97. The van der Waals surface area contributed by atoms with Crippen LogP contribution in [0.5, 0.6) is 0 Å². The molecule has 5 nitrogen and oxygen atoms in total. The summed E-state index contributed by atoms with van der Waals surface area (Å²) in [5.74, 6) is -2.78. The van der Waals surface area contributed by atoms with E-state index in [1.165, 1.54) is 0 Å². The highest BCUT2D eigenvalue weighted by atomic mass is 19.1. The molecule has 0 radical (unpaired) electrons. The Morgan fingerprint density at radius 2 is 2.08 bits per heavy atom. The van der Waals surface area contributed by atoms with Gasteiger partial charge in [-0.25, -0.2) is 8.78 Å². The summed E-state index contributed by atoms with van der Waals surface area (Å²) in [4.78, 5) is 25.9. The van der Waals surface area contributed by atoms with Crippen LogP contribution in [-0.4, -0.2) is 55.1 Å². The van der Waals surface area contributed by atoms with E-state index in [0.717, 1.165) is 18.7 Å². The molecule has 0 unspecified atom stereocenters. The third-order valence-electron chi connectivity index (χ3n) is 4.12. The average molecular weight is 355 g/mol. The summed E-state index contributed by atoms with van der Waals surface area (Å²) in [5, 5.41) is 0. The van der Waals surface area contributed by atoms with Gasteiger partial charge in [0.25, 0.3) is 0 Å².